The maximum Gasteiger partial charge on any atom is 0.269 e. The van der Waals surface area contributed by atoms with Crippen LogP contribution in [0.3, 0.4) is 0 Å². The van der Waals surface area contributed by atoms with E-state index in [2.05, 4.69) is 20.3 Å². The molecule has 1 aromatic heterocycles. The molecule has 0 spiro atoms. The van der Waals surface area contributed by atoms with Crippen LogP contribution in [0.1, 0.15) is 18.3 Å². The van der Waals surface area contributed by atoms with E-state index < -0.39 is 4.92 Å². The number of non-ortho nitro benzene ring substituents is 1. The first kappa shape index (κ1) is 23.3. The van der Waals surface area contributed by atoms with Gasteiger partial charge in [-0.2, -0.15) is 0 Å². The number of nitro benzene ring substituents is 1. The second-order valence-corrected chi connectivity index (χ2v) is 6.56. The number of guanidine groups is 1. The van der Waals surface area contributed by atoms with Crippen molar-refractivity contribution in [3.8, 4) is 11.3 Å². The Morgan fingerprint density at radius 1 is 1.20 bits per heavy atom. The van der Waals surface area contributed by atoms with Crippen LogP contribution in [0.25, 0.3) is 11.3 Å². The van der Waals surface area contributed by atoms with Crippen LogP contribution in [-0.2, 0) is 13.1 Å². The van der Waals surface area contributed by atoms with Crippen LogP contribution in [0.15, 0.2) is 65.8 Å². The van der Waals surface area contributed by atoms with E-state index in [0.717, 1.165) is 35.1 Å². The molecule has 0 saturated heterocycles. The van der Waals surface area contributed by atoms with Gasteiger partial charge < -0.3 is 15.2 Å². The number of nitrogens with zero attached hydrogens (tertiary/aromatic N) is 4. The molecule has 0 atom stereocenters. The SMILES string of the molecule is CCNC(=NCc1ccc([N+](=O)[O-])cc1)N(C)Cc1ncc(-c2ccccc2)[nH]1.I. The molecule has 0 radical (unpaired) electrons. The highest BCUT2D eigenvalue weighted by Gasteiger charge is 2.10. The van der Waals surface area contributed by atoms with Crippen molar-refractivity contribution in [1.82, 2.24) is 20.2 Å². The number of aliphatic imine (C=N–C) groups is 1. The molecule has 9 heteroatoms. The van der Waals surface area contributed by atoms with Gasteiger partial charge in [-0.05, 0) is 18.1 Å². The normalized spacial score (nSPS) is 10.9. The van der Waals surface area contributed by atoms with E-state index in [1.165, 1.54) is 12.1 Å². The molecule has 0 unspecified atom stereocenters. The first-order valence-electron chi connectivity index (χ1n) is 9.39. The minimum absolute atomic E-state index is 0. The predicted octanol–water partition coefficient (Wildman–Crippen LogP) is 4.20. The second kappa shape index (κ2) is 11.3. The molecule has 8 nitrogen and oxygen atoms in total. The number of rotatable bonds is 7. The van der Waals surface area contributed by atoms with E-state index in [0.29, 0.717) is 13.1 Å². The minimum atomic E-state index is -0.405. The molecule has 0 aliphatic carbocycles. The van der Waals surface area contributed by atoms with Gasteiger partial charge in [-0.15, -0.1) is 24.0 Å². The fourth-order valence-electron chi connectivity index (χ4n) is 2.87. The van der Waals surface area contributed by atoms with Gasteiger partial charge in [0.05, 0.1) is 29.9 Å². The van der Waals surface area contributed by atoms with Crippen LogP contribution >= 0.6 is 24.0 Å². The summed E-state index contributed by atoms with van der Waals surface area (Å²) >= 11 is 0. The Morgan fingerprint density at radius 2 is 1.90 bits per heavy atom. The average Bonchev–Trinajstić information content (AvgIpc) is 3.20. The number of aromatic nitrogens is 2. The molecular weight excluding hydrogens is 495 g/mol. The van der Waals surface area contributed by atoms with E-state index in [1.54, 1.807) is 12.1 Å². The molecule has 3 aromatic rings. The lowest BCUT2D eigenvalue weighted by Gasteiger charge is -2.21. The largest absolute Gasteiger partial charge is 0.357 e. The molecule has 0 amide bonds. The zero-order chi connectivity index (χ0) is 20.6. The van der Waals surface area contributed by atoms with Crippen LogP contribution in [0.5, 0.6) is 0 Å². The fourth-order valence-corrected chi connectivity index (χ4v) is 2.87. The number of nitrogens with one attached hydrogen (secondary N) is 2. The topological polar surface area (TPSA) is 99.4 Å². The molecule has 30 heavy (non-hydrogen) atoms. The lowest BCUT2D eigenvalue weighted by molar-refractivity contribution is -0.384. The highest BCUT2D eigenvalue weighted by molar-refractivity contribution is 14.0. The molecule has 0 bridgehead atoms. The lowest BCUT2D eigenvalue weighted by Crippen LogP contribution is -2.38. The summed E-state index contributed by atoms with van der Waals surface area (Å²) in [5.41, 5.74) is 3.05. The Hall–Kier alpha value is -2.95. The van der Waals surface area contributed by atoms with Crippen molar-refractivity contribution in [3.05, 3.63) is 82.3 Å². The number of benzene rings is 2. The van der Waals surface area contributed by atoms with Gasteiger partial charge in [0.15, 0.2) is 5.96 Å². The number of H-pyrrole nitrogens is 1. The summed E-state index contributed by atoms with van der Waals surface area (Å²) in [7, 11) is 1.95. The third-order valence-electron chi connectivity index (χ3n) is 4.36. The predicted molar refractivity (Wildman–Crippen MR) is 129 cm³/mol. The fraction of sp³-hybridized carbons (Fsp3) is 0.238. The van der Waals surface area contributed by atoms with Gasteiger partial charge in [0.1, 0.15) is 5.82 Å². The van der Waals surface area contributed by atoms with Gasteiger partial charge in [0.25, 0.3) is 5.69 Å². The Balaban J connectivity index is 0.00000320. The Labute approximate surface area is 192 Å². The summed E-state index contributed by atoms with van der Waals surface area (Å²) in [5.74, 6) is 1.58. The molecule has 2 aromatic carbocycles. The Morgan fingerprint density at radius 3 is 2.53 bits per heavy atom. The minimum Gasteiger partial charge on any atom is -0.357 e. The average molecular weight is 520 g/mol. The summed E-state index contributed by atoms with van der Waals surface area (Å²) in [4.78, 5) is 24.8. The summed E-state index contributed by atoms with van der Waals surface area (Å²) in [6.45, 7) is 3.74. The number of hydrogen-bond donors (Lipinski definition) is 2. The van der Waals surface area contributed by atoms with Crippen LogP contribution in [-0.4, -0.2) is 39.3 Å². The first-order valence-corrected chi connectivity index (χ1v) is 9.39. The van der Waals surface area contributed by atoms with Crippen molar-refractivity contribution < 1.29 is 4.92 Å². The standard InChI is InChI=1S/C21H24N6O2.HI/c1-3-22-21(24-13-16-9-11-18(12-10-16)27(28)29)26(2)15-20-23-14-19(25-20)17-7-5-4-6-8-17;/h4-12,14H,3,13,15H2,1-2H3,(H,22,24)(H,23,25);1H. The molecule has 158 valence electrons. The van der Waals surface area contributed by atoms with Gasteiger partial charge in [-0.1, -0.05) is 42.5 Å². The van der Waals surface area contributed by atoms with E-state index in [-0.39, 0.29) is 29.7 Å². The maximum atomic E-state index is 10.8. The van der Waals surface area contributed by atoms with E-state index in [9.17, 15) is 10.1 Å². The van der Waals surface area contributed by atoms with Crippen LogP contribution in [0.4, 0.5) is 5.69 Å². The molecule has 0 aliphatic heterocycles. The molecule has 2 N–H and O–H groups in total. The molecule has 0 fully saturated rings. The molecular formula is C21H25IN6O2. The van der Waals surface area contributed by atoms with Crippen molar-refractivity contribution in [2.45, 2.75) is 20.0 Å². The van der Waals surface area contributed by atoms with Gasteiger partial charge in [-0.3, -0.25) is 10.1 Å². The van der Waals surface area contributed by atoms with Crippen LogP contribution < -0.4 is 5.32 Å². The highest BCUT2D eigenvalue weighted by atomic mass is 127. The monoisotopic (exact) mass is 520 g/mol. The highest BCUT2D eigenvalue weighted by Crippen LogP contribution is 2.17. The summed E-state index contributed by atoms with van der Waals surface area (Å²) < 4.78 is 0. The van der Waals surface area contributed by atoms with Crippen LogP contribution in [0.2, 0.25) is 0 Å². The third-order valence-corrected chi connectivity index (χ3v) is 4.36. The first-order chi connectivity index (χ1) is 14.1. The number of imidazole rings is 1. The summed E-state index contributed by atoms with van der Waals surface area (Å²) in [6.07, 6.45) is 1.83. The number of nitro groups is 1. The van der Waals surface area contributed by atoms with Gasteiger partial charge in [-0.25, -0.2) is 9.98 Å². The third kappa shape index (κ3) is 6.28. The van der Waals surface area contributed by atoms with Crippen molar-refractivity contribution in [2.24, 2.45) is 4.99 Å². The Kier molecular flexibility index (Phi) is 8.78. The maximum absolute atomic E-state index is 10.8. The van der Waals surface area contributed by atoms with Gasteiger partial charge in [0, 0.05) is 25.7 Å². The van der Waals surface area contributed by atoms with Gasteiger partial charge >= 0.3 is 0 Å². The molecule has 1 heterocycles. The second-order valence-electron chi connectivity index (χ2n) is 6.56. The molecule has 0 aliphatic rings. The van der Waals surface area contributed by atoms with Crippen molar-refractivity contribution >= 4 is 35.6 Å². The molecule has 3 rings (SSSR count). The number of aromatic amines is 1. The lowest BCUT2D eigenvalue weighted by atomic mass is 10.2. The van der Waals surface area contributed by atoms with Crippen LogP contribution in [0, 0.1) is 10.1 Å². The summed E-state index contributed by atoms with van der Waals surface area (Å²) in [5, 5.41) is 14.0. The Bertz CT molecular complexity index is 973. The quantitative estimate of drug-likeness (QED) is 0.160. The van der Waals surface area contributed by atoms with Gasteiger partial charge in [0.2, 0.25) is 0 Å². The number of halogens is 1. The van der Waals surface area contributed by atoms with Crippen molar-refractivity contribution in [3.63, 3.8) is 0 Å². The smallest absolute Gasteiger partial charge is 0.269 e. The van der Waals surface area contributed by atoms with E-state index >= 15 is 0 Å². The van der Waals surface area contributed by atoms with Crippen molar-refractivity contribution in [1.29, 1.82) is 0 Å². The molecule has 0 saturated carbocycles. The zero-order valence-corrected chi connectivity index (χ0v) is 19.2. The van der Waals surface area contributed by atoms with Crippen molar-refractivity contribution in [2.75, 3.05) is 13.6 Å². The zero-order valence-electron chi connectivity index (χ0n) is 16.9. The number of hydrogen-bond acceptors (Lipinski definition) is 4. The van der Waals surface area contributed by atoms with E-state index in [1.807, 2.05) is 55.4 Å². The summed E-state index contributed by atoms with van der Waals surface area (Å²) in [6, 6.07) is 16.5. The van der Waals surface area contributed by atoms with E-state index in [4.69, 9.17) is 0 Å².